The zero-order valence-corrected chi connectivity index (χ0v) is 13.9. The molecule has 0 unspecified atom stereocenters. The molecule has 0 atom stereocenters. The van der Waals surface area contributed by atoms with Gasteiger partial charge in [-0.2, -0.15) is 0 Å². The van der Waals surface area contributed by atoms with Crippen LogP contribution in [0.25, 0.3) is 33.5 Å². The summed E-state index contributed by atoms with van der Waals surface area (Å²) in [4.78, 5) is 33.3. The van der Waals surface area contributed by atoms with E-state index < -0.39 is 0 Å². The SMILES string of the molecule is CCNC(=O)c1ncc(C)nc1-c1nc2cnc3ccccc3c2[nH]1. The van der Waals surface area contributed by atoms with E-state index in [1.165, 1.54) is 0 Å². The number of rotatable bonds is 3. The summed E-state index contributed by atoms with van der Waals surface area (Å²) in [5.74, 6) is 0.235. The summed E-state index contributed by atoms with van der Waals surface area (Å²) in [7, 11) is 0. The molecule has 0 radical (unpaired) electrons. The number of fused-ring (bicyclic) bond motifs is 3. The molecular formula is C18H16N6O. The molecule has 7 heteroatoms. The highest BCUT2D eigenvalue weighted by atomic mass is 16.1. The van der Waals surface area contributed by atoms with Gasteiger partial charge in [0.2, 0.25) is 0 Å². The second-order valence-electron chi connectivity index (χ2n) is 5.69. The lowest BCUT2D eigenvalue weighted by molar-refractivity contribution is 0.0951. The maximum Gasteiger partial charge on any atom is 0.272 e. The van der Waals surface area contributed by atoms with Crippen LogP contribution < -0.4 is 5.32 Å². The molecule has 0 bridgehead atoms. The van der Waals surface area contributed by atoms with E-state index in [0.29, 0.717) is 23.8 Å². The fraction of sp³-hybridized carbons (Fsp3) is 0.167. The number of para-hydroxylation sites is 1. The Kier molecular flexibility index (Phi) is 3.61. The van der Waals surface area contributed by atoms with Crippen LogP contribution >= 0.6 is 0 Å². The third-order valence-corrected chi connectivity index (χ3v) is 3.90. The lowest BCUT2D eigenvalue weighted by Crippen LogP contribution is -2.25. The second-order valence-corrected chi connectivity index (χ2v) is 5.69. The standard InChI is InChI=1S/C18H16N6O/c1-3-19-18(25)16-15(22-10(2)8-21-16)17-23-13-9-20-12-7-5-4-6-11(12)14(13)24-17/h4-9H,3H2,1-2H3,(H,19,25)(H,23,24). The summed E-state index contributed by atoms with van der Waals surface area (Å²) in [6.45, 7) is 4.21. The number of aromatic amines is 1. The zero-order chi connectivity index (χ0) is 17.4. The van der Waals surface area contributed by atoms with Gasteiger partial charge in [-0.3, -0.25) is 9.78 Å². The maximum atomic E-state index is 12.3. The number of aromatic nitrogens is 5. The zero-order valence-electron chi connectivity index (χ0n) is 13.9. The third-order valence-electron chi connectivity index (χ3n) is 3.90. The molecule has 3 heterocycles. The number of carbonyl (C=O) groups excluding carboxylic acids is 1. The Hall–Kier alpha value is -3.35. The minimum atomic E-state index is -0.270. The maximum absolute atomic E-state index is 12.3. The van der Waals surface area contributed by atoms with Gasteiger partial charge in [-0.05, 0) is 19.9 Å². The van der Waals surface area contributed by atoms with Gasteiger partial charge in [0.05, 0.1) is 22.9 Å². The molecule has 0 aliphatic heterocycles. The van der Waals surface area contributed by atoms with Crippen molar-refractivity contribution in [1.82, 2.24) is 30.2 Å². The Labute approximate surface area is 143 Å². The van der Waals surface area contributed by atoms with E-state index in [-0.39, 0.29) is 11.6 Å². The molecule has 4 rings (SSSR count). The lowest BCUT2D eigenvalue weighted by atomic mass is 10.2. The molecule has 25 heavy (non-hydrogen) atoms. The number of H-pyrrole nitrogens is 1. The van der Waals surface area contributed by atoms with Gasteiger partial charge in [-0.25, -0.2) is 15.0 Å². The monoisotopic (exact) mass is 332 g/mol. The number of pyridine rings is 1. The van der Waals surface area contributed by atoms with Gasteiger partial charge in [0, 0.05) is 18.1 Å². The molecule has 3 aromatic heterocycles. The van der Waals surface area contributed by atoms with Gasteiger partial charge in [0.25, 0.3) is 5.91 Å². The molecule has 7 nitrogen and oxygen atoms in total. The van der Waals surface area contributed by atoms with Gasteiger partial charge < -0.3 is 10.3 Å². The Balaban J connectivity index is 1.94. The van der Waals surface area contributed by atoms with Crippen LogP contribution in [0.15, 0.2) is 36.7 Å². The molecule has 0 spiro atoms. The van der Waals surface area contributed by atoms with Crippen LogP contribution in [0, 0.1) is 6.92 Å². The lowest BCUT2D eigenvalue weighted by Gasteiger charge is -2.06. The molecule has 0 saturated heterocycles. The number of hydrogen-bond donors (Lipinski definition) is 2. The highest BCUT2D eigenvalue weighted by molar-refractivity contribution is 6.03. The average Bonchev–Trinajstić information content (AvgIpc) is 3.06. The van der Waals surface area contributed by atoms with Crippen molar-refractivity contribution in [1.29, 1.82) is 0 Å². The number of nitrogens with one attached hydrogen (secondary N) is 2. The smallest absolute Gasteiger partial charge is 0.272 e. The number of hydrogen-bond acceptors (Lipinski definition) is 5. The topological polar surface area (TPSA) is 96.5 Å². The van der Waals surface area contributed by atoms with Gasteiger partial charge >= 0.3 is 0 Å². The third kappa shape index (κ3) is 2.59. The van der Waals surface area contributed by atoms with Crippen LogP contribution in [0.2, 0.25) is 0 Å². The highest BCUT2D eigenvalue weighted by Gasteiger charge is 2.19. The highest BCUT2D eigenvalue weighted by Crippen LogP contribution is 2.26. The fourth-order valence-corrected chi connectivity index (χ4v) is 2.78. The number of carbonyl (C=O) groups is 1. The van der Waals surface area contributed by atoms with Crippen molar-refractivity contribution in [2.75, 3.05) is 6.54 Å². The van der Waals surface area contributed by atoms with Crippen molar-refractivity contribution >= 4 is 27.8 Å². The van der Waals surface area contributed by atoms with Crippen molar-refractivity contribution in [3.63, 3.8) is 0 Å². The first-order valence-corrected chi connectivity index (χ1v) is 8.03. The van der Waals surface area contributed by atoms with Gasteiger partial charge in [-0.15, -0.1) is 0 Å². The van der Waals surface area contributed by atoms with Crippen molar-refractivity contribution in [2.45, 2.75) is 13.8 Å². The molecule has 0 aliphatic carbocycles. The molecule has 0 aliphatic rings. The van der Waals surface area contributed by atoms with Crippen molar-refractivity contribution < 1.29 is 4.79 Å². The number of benzene rings is 1. The van der Waals surface area contributed by atoms with E-state index in [1.54, 1.807) is 12.4 Å². The summed E-state index contributed by atoms with van der Waals surface area (Å²) in [5, 5.41) is 3.73. The van der Waals surface area contributed by atoms with Crippen LogP contribution in [0.4, 0.5) is 0 Å². The number of nitrogens with zero attached hydrogens (tertiary/aromatic N) is 4. The van der Waals surface area contributed by atoms with Gasteiger partial charge in [-0.1, -0.05) is 18.2 Å². The number of aryl methyl sites for hydroxylation is 1. The van der Waals surface area contributed by atoms with E-state index in [4.69, 9.17) is 0 Å². The predicted molar refractivity (Wildman–Crippen MR) is 95.2 cm³/mol. The Bertz CT molecular complexity index is 1100. The Morgan fingerprint density at radius 2 is 1.96 bits per heavy atom. The molecule has 124 valence electrons. The molecule has 2 N–H and O–H groups in total. The van der Waals surface area contributed by atoms with Crippen molar-refractivity contribution in [3.05, 3.63) is 48.0 Å². The van der Waals surface area contributed by atoms with Crippen molar-refractivity contribution in [2.24, 2.45) is 0 Å². The first-order chi connectivity index (χ1) is 12.2. The number of amides is 1. The van der Waals surface area contributed by atoms with E-state index in [9.17, 15) is 4.79 Å². The molecular weight excluding hydrogens is 316 g/mol. The van der Waals surface area contributed by atoms with Gasteiger partial charge in [0.1, 0.15) is 11.2 Å². The summed E-state index contributed by atoms with van der Waals surface area (Å²) < 4.78 is 0. The number of imidazole rings is 1. The molecule has 0 fully saturated rings. The second kappa shape index (κ2) is 5.94. The van der Waals surface area contributed by atoms with E-state index >= 15 is 0 Å². The Morgan fingerprint density at radius 1 is 1.12 bits per heavy atom. The van der Waals surface area contributed by atoms with Gasteiger partial charge in [0.15, 0.2) is 11.5 Å². The van der Waals surface area contributed by atoms with Crippen molar-refractivity contribution in [3.8, 4) is 11.5 Å². The predicted octanol–water partition coefficient (Wildman–Crippen LogP) is 2.63. The van der Waals surface area contributed by atoms with E-state index in [0.717, 1.165) is 21.9 Å². The molecule has 4 aromatic rings. The van der Waals surface area contributed by atoms with E-state index in [2.05, 4.69) is 30.2 Å². The fourth-order valence-electron chi connectivity index (χ4n) is 2.78. The molecule has 1 amide bonds. The van der Waals surface area contributed by atoms with Crippen LogP contribution in [0.1, 0.15) is 23.1 Å². The molecule has 1 aromatic carbocycles. The summed E-state index contributed by atoms with van der Waals surface area (Å²) >= 11 is 0. The van der Waals surface area contributed by atoms with E-state index in [1.807, 2.05) is 38.1 Å². The van der Waals surface area contributed by atoms with Crippen LogP contribution in [0.3, 0.4) is 0 Å². The first-order valence-electron chi connectivity index (χ1n) is 8.03. The van der Waals surface area contributed by atoms with Crippen LogP contribution in [-0.2, 0) is 0 Å². The quantitative estimate of drug-likeness (QED) is 0.601. The van der Waals surface area contributed by atoms with Crippen LogP contribution in [0.5, 0.6) is 0 Å². The average molecular weight is 332 g/mol. The van der Waals surface area contributed by atoms with Crippen LogP contribution in [-0.4, -0.2) is 37.4 Å². The Morgan fingerprint density at radius 3 is 2.80 bits per heavy atom. The summed E-state index contributed by atoms with van der Waals surface area (Å²) in [6.07, 6.45) is 3.29. The minimum Gasteiger partial charge on any atom is -0.351 e. The largest absolute Gasteiger partial charge is 0.351 e. The normalized spacial score (nSPS) is 11.1. The summed E-state index contributed by atoms with van der Waals surface area (Å²) in [5.41, 5.74) is 3.87. The summed E-state index contributed by atoms with van der Waals surface area (Å²) in [6, 6.07) is 7.83. The first kappa shape index (κ1) is 15.2. The minimum absolute atomic E-state index is 0.253. The molecule has 0 saturated carbocycles.